The Morgan fingerprint density at radius 1 is 1.04 bits per heavy atom. The van der Waals surface area contributed by atoms with Crippen LogP contribution in [0.4, 0.5) is 30.7 Å². The number of aromatic nitrogens is 1. The number of rotatable bonds is 4. The van der Waals surface area contributed by atoms with E-state index in [1.54, 1.807) is 0 Å². The lowest BCUT2D eigenvalue weighted by Gasteiger charge is -2.23. The highest BCUT2D eigenvalue weighted by Crippen LogP contribution is 2.46. The smallest absolute Gasteiger partial charge is 0.404 e. The predicted octanol–water partition coefficient (Wildman–Crippen LogP) is 4.92. The number of carboxylic acid groups (broad SMARTS) is 1. The van der Waals surface area contributed by atoms with Crippen LogP contribution in [0.2, 0.25) is 0 Å². The minimum atomic E-state index is -5.54. The number of carbonyl (C=O) groups is 1. The van der Waals surface area contributed by atoms with Crippen LogP contribution in [0.3, 0.4) is 0 Å². The molecule has 0 unspecified atom stereocenters. The van der Waals surface area contributed by atoms with Crippen LogP contribution in [0.1, 0.15) is 21.8 Å². The summed E-state index contributed by atoms with van der Waals surface area (Å²) in [7, 11) is 0. The second-order valence-corrected chi connectivity index (χ2v) is 5.00. The van der Waals surface area contributed by atoms with E-state index in [1.165, 1.54) is 0 Å². The molecule has 1 heterocycles. The molecule has 0 aliphatic rings. The summed E-state index contributed by atoms with van der Waals surface area (Å²) in [6.07, 6.45) is -10.3. The third-order valence-corrected chi connectivity index (χ3v) is 3.14. The standard InChI is InChI=1S/C15H8F7NO3/c16-10-5-8(13(24)25)6-23-12(10)26-9-3-1-7(2-4-9)11(14(17,18)19)15(20,21)22/h1-6,11H,(H,24,25). The molecule has 0 aliphatic carbocycles. The summed E-state index contributed by atoms with van der Waals surface area (Å²) < 4.78 is 94.5. The number of hydrogen-bond donors (Lipinski definition) is 1. The Kier molecular flexibility index (Phi) is 5.10. The summed E-state index contributed by atoms with van der Waals surface area (Å²) in [4.78, 5) is 14.0. The SMILES string of the molecule is O=C(O)c1cnc(Oc2ccc(C(C(F)(F)F)C(F)(F)F)cc2)c(F)c1. The number of benzene rings is 1. The van der Waals surface area contributed by atoms with Crippen molar-refractivity contribution >= 4 is 5.97 Å². The normalized spacial score (nSPS) is 12.3. The first-order valence-corrected chi connectivity index (χ1v) is 6.69. The van der Waals surface area contributed by atoms with Crippen molar-refractivity contribution < 1.29 is 45.4 Å². The molecule has 0 bridgehead atoms. The highest BCUT2D eigenvalue weighted by atomic mass is 19.4. The van der Waals surface area contributed by atoms with Gasteiger partial charge in [0.25, 0.3) is 5.88 Å². The Morgan fingerprint density at radius 2 is 1.58 bits per heavy atom. The third-order valence-electron chi connectivity index (χ3n) is 3.14. The molecule has 0 spiro atoms. The maximum absolute atomic E-state index is 13.7. The molecule has 2 aromatic rings. The molecule has 0 saturated heterocycles. The summed E-state index contributed by atoms with van der Waals surface area (Å²) in [5.41, 5.74) is -1.53. The van der Waals surface area contributed by atoms with Crippen LogP contribution in [0.25, 0.3) is 0 Å². The lowest BCUT2D eigenvalue weighted by Crippen LogP contribution is -2.34. The van der Waals surface area contributed by atoms with E-state index in [2.05, 4.69) is 4.98 Å². The molecule has 1 aromatic carbocycles. The average molecular weight is 383 g/mol. The maximum Gasteiger partial charge on any atom is 0.404 e. The molecule has 0 atom stereocenters. The lowest BCUT2D eigenvalue weighted by molar-refractivity contribution is -0.253. The van der Waals surface area contributed by atoms with E-state index >= 15 is 0 Å². The lowest BCUT2D eigenvalue weighted by atomic mass is 9.98. The Hall–Kier alpha value is -2.85. The van der Waals surface area contributed by atoms with Crippen LogP contribution in [-0.4, -0.2) is 28.4 Å². The van der Waals surface area contributed by atoms with Crippen molar-refractivity contribution in [2.24, 2.45) is 0 Å². The number of aromatic carboxylic acids is 1. The quantitative estimate of drug-likeness (QED) is 0.762. The van der Waals surface area contributed by atoms with E-state index in [4.69, 9.17) is 9.84 Å². The van der Waals surface area contributed by atoms with Crippen molar-refractivity contribution in [2.45, 2.75) is 18.3 Å². The van der Waals surface area contributed by atoms with Gasteiger partial charge >= 0.3 is 18.3 Å². The number of nitrogens with zero attached hydrogens (tertiary/aromatic N) is 1. The molecule has 140 valence electrons. The highest BCUT2D eigenvalue weighted by molar-refractivity contribution is 5.87. The molecular weight excluding hydrogens is 375 g/mol. The zero-order valence-electron chi connectivity index (χ0n) is 12.4. The molecule has 0 saturated carbocycles. The fraction of sp³-hybridized carbons (Fsp3) is 0.200. The second-order valence-electron chi connectivity index (χ2n) is 5.00. The van der Waals surface area contributed by atoms with E-state index < -0.39 is 47.1 Å². The van der Waals surface area contributed by atoms with Gasteiger partial charge in [0.1, 0.15) is 5.75 Å². The van der Waals surface area contributed by atoms with Gasteiger partial charge in [-0.15, -0.1) is 0 Å². The van der Waals surface area contributed by atoms with Crippen molar-refractivity contribution in [3.8, 4) is 11.6 Å². The van der Waals surface area contributed by atoms with Crippen molar-refractivity contribution in [3.05, 3.63) is 53.5 Å². The van der Waals surface area contributed by atoms with Gasteiger partial charge in [-0.25, -0.2) is 14.2 Å². The van der Waals surface area contributed by atoms with Gasteiger partial charge in [0.2, 0.25) is 0 Å². The first kappa shape index (κ1) is 19.5. The van der Waals surface area contributed by atoms with Gasteiger partial charge in [-0.05, 0) is 23.8 Å². The predicted molar refractivity (Wildman–Crippen MR) is 72.5 cm³/mol. The van der Waals surface area contributed by atoms with E-state index in [1.807, 2.05) is 0 Å². The van der Waals surface area contributed by atoms with Crippen molar-refractivity contribution in [2.75, 3.05) is 0 Å². The number of hydrogen-bond acceptors (Lipinski definition) is 3. The molecule has 1 N–H and O–H groups in total. The van der Waals surface area contributed by atoms with Crippen LogP contribution in [0.5, 0.6) is 11.6 Å². The minimum Gasteiger partial charge on any atom is -0.478 e. The van der Waals surface area contributed by atoms with Gasteiger partial charge in [-0.3, -0.25) is 0 Å². The van der Waals surface area contributed by atoms with E-state index in [-0.39, 0.29) is 5.75 Å². The Labute approximate surface area is 140 Å². The molecule has 0 radical (unpaired) electrons. The summed E-state index contributed by atoms with van der Waals surface area (Å²) >= 11 is 0. The number of alkyl halides is 6. The maximum atomic E-state index is 13.7. The second kappa shape index (κ2) is 6.81. The Balaban J connectivity index is 2.26. The molecule has 0 fully saturated rings. The average Bonchev–Trinajstić information content (AvgIpc) is 2.48. The van der Waals surface area contributed by atoms with Gasteiger partial charge in [0, 0.05) is 6.20 Å². The van der Waals surface area contributed by atoms with Gasteiger partial charge in [0.15, 0.2) is 11.7 Å². The first-order chi connectivity index (χ1) is 11.9. The van der Waals surface area contributed by atoms with Gasteiger partial charge in [-0.1, -0.05) is 12.1 Å². The molecule has 11 heteroatoms. The number of halogens is 7. The van der Waals surface area contributed by atoms with Gasteiger partial charge in [0.05, 0.1) is 5.56 Å². The summed E-state index contributed by atoms with van der Waals surface area (Å²) in [5.74, 6) is -7.26. The largest absolute Gasteiger partial charge is 0.478 e. The fourth-order valence-electron chi connectivity index (χ4n) is 2.02. The Bertz CT molecular complexity index is 786. The summed E-state index contributed by atoms with van der Waals surface area (Å²) in [5, 5.41) is 8.67. The molecule has 0 aliphatic heterocycles. The van der Waals surface area contributed by atoms with Crippen molar-refractivity contribution in [3.63, 3.8) is 0 Å². The van der Waals surface area contributed by atoms with E-state index in [0.29, 0.717) is 18.2 Å². The van der Waals surface area contributed by atoms with E-state index in [9.17, 15) is 35.5 Å². The van der Waals surface area contributed by atoms with Crippen LogP contribution in [0.15, 0.2) is 36.5 Å². The monoisotopic (exact) mass is 383 g/mol. The molecular formula is C15H8F7NO3. The van der Waals surface area contributed by atoms with Crippen LogP contribution >= 0.6 is 0 Å². The van der Waals surface area contributed by atoms with E-state index in [0.717, 1.165) is 18.3 Å². The number of pyridine rings is 1. The Morgan fingerprint density at radius 3 is 2.00 bits per heavy atom. The first-order valence-electron chi connectivity index (χ1n) is 6.69. The topological polar surface area (TPSA) is 59.4 Å². The zero-order chi connectivity index (χ0) is 19.7. The van der Waals surface area contributed by atoms with Gasteiger partial charge < -0.3 is 9.84 Å². The zero-order valence-corrected chi connectivity index (χ0v) is 12.4. The van der Waals surface area contributed by atoms with Crippen LogP contribution in [0, 0.1) is 5.82 Å². The minimum absolute atomic E-state index is 0.286. The number of carboxylic acids is 1. The molecule has 26 heavy (non-hydrogen) atoms. The van der Waals surface area contributed by atoms with Crippen molar-refractivity contribution in [1.82, 2.24) is 4.98 Å². The third kappa shape index (κ3) is 4.41. The highest BCUT2D eigenvalue weighted by Gasteiger charge is 2.57. The number of ether oxygens (including phenoxy) is 1. The molecule has 0 amide bonds. The van der Waals surface area contributed by atoms with Gasteiger partial charge in [-0.2, -0.15) is 26.3 Å². The fourth-order valence-corrected chi connectivity index (χ4v) is 2.02. The van der Waals surface area contributed by atoms with Crippen molar-refractivity contribution in [1.29, 1.82) is 0 Å². The van der Waals surface area contributed by atoms with Crippen LogP contribution < -0.4 is 4.74 Å². The summed E-state index contributed by atoms with van der Waals surface area (Å²) in [6, 6.07) is 3.26. The summed E-state index contributed by atoms with van der Waals surface area (Å²) in [6.45, 7) is 0. The molecule has 2 rings (SSSR count). The molecule has 1 aromatic heterocycles. The molecule has 4 nitrogen and oxygen atoms in total. The van der Waals surface area contributed by atoms with Crippen LogP contribution in [-0.2, 0) is 0 Å².